The lowest BCUT2D eigenvalue weighted by atomic mass is 10.0. The third-order valence-corrected chi connectivity index (χ3v) is 4.96. The molecule has 0 saturated heterocycles. The van der Waals surface area contributed by atoms with Gasteiger partial charge in [0.15, 0.2) is 0 Å². The van der Waals surface area contributed by atoms with E-state index in [9.17, 15) is 0 Å². The summed E-state index contributed by atoms with van der Waals surface area (Å²) in [5.74, 6) is 5.74. The summed E-state index contributed by atoms with van der Waals surface area (Å²) in [5.41, 5.74) is 4.40. The molecule has 0 spiro atoms. The molecule has 0 fully saturated rings. The van der Waals surface area contributed by atoms with Gasteiger partial charge in [-0.25, -0.2) is 0 Å². The van der Waals surface area contributed by atoms with Crippen LogP contribution in [-0.4, -0.2) is 30.6 Å². The normalized spacial score (nSPS) is 13.2. The van der Waals surface area contributed by atoms with Crippen LogP contribution in [0.5, 0.6) is 0 Å². The predicted molar refractivity (Wildman–Crippen MR) is 89.0 cm³/mol. The Bertz CT molecular complexity index is 519. The van der Waals surface area contributed by atoms with Crippen LogP contribution in [0.25, 0.3) is 10.1 Å². The van der Waals surface area contributed by atoms with E-state index in [2.05, 4.69) is 53.8 Å². The number of hydrogen-bond acceptors (Lipinski definition) is 4. The number of fused-ring (bicyclic) bond motifs is 1. The third-order valence-electron chi connectivity index (χ3n) is 3.95. The van der Waals surface area contributed by atoms with Gasteiger partial charge in [0.25, 0.3) is 0 Å². The van der Waals surface area contributed by atoms with Gasteiger partial charge >= 0.3 is 0 Å². The van der Waals surface area contributed by atoms with Gasteiger partial charge in [-0.1, -0.05) is 32.0 Å². The fourth-order valence-electron chi connectivity index (χ4n) is 2.58. The molecule has 2 aromatic rings. The molecule has 0 aliphatic carbocycles. The first-order chi connectivity index (χ1) is 9.78. The molecule has 110 valence electrons. The molecular weight excluding hydrogens is 266 g/mol. The Morgan fingerprint density at radius 3 is 2.70 bits per heavy atom. The van der Waals surface area contributed by atoms with Crippen LogP contribution >= 0.6 is 11.3 Å². The lowest BCUT2D eigenvalue weighted by Gasteiger charge is -2.22. The Morgan fingerprint density at radius 1 is 1.25 bits per heavy atom. The highest BCUT2D eigenvalue weighted by Crippen LogP contribution is 2.26. The molecule has 3 nitrogen and oxygen atoms in total. The number of hydrazine groups is 1. The molecule has 0 amide bonds. The van der Waals surface area contributed by atoms with Gasteiger partial charge in [0.2, 0.25) is 0 Å². The van der Waals surface area contributed by atoms with Gasteiger partial charge in [-0.05, 0) is 54.9 Å². The Kier molecular flexibility index (Phi) is 5.98. The van der Waals surface area contributed by atoms with Crippen LogP contribution in [-0.2, 0) is 6.42 Å². The average molecular weight is 291 g/mol. The molecule has 1 aromatic heterocycles. The van der Waals surface area contributed by atoms with E-state index in [1.165, 1.54) is 15.6 Å². The Balaban J connectivity index is 1.99. The molecule has 0 radical (unpaired) electrons. The number of rotatable bonds is 8. The van der Waals surface area contributed by atoms with Gasteiger partial charge in [-0.15, -0.1) is 11.3 Å². The smallest absolute Gasteiger partial charge is 0.0345 e. The fraction of sp³-hybridized carbons (Fsp3) is 0.500. The van der Waals surface area contributed by atoms with Gasteiger partial charge in [-0.3, -0.25) is 11.3 Å². The maximum Gasteiger partial charge on any atom is 0.0345 e. The Labute approximate surface area is 125 Å². The lowest BCUT2D eigenvalue weighted by Crippen LogP contribution is -2.39. The van der Waals surface area contributed by atoms with Crippen LogP contribution in [0.2, 0.25) is 0 Å². The van der Waals surface area contributed by atoms with Crippen molar-refractivity contribution in [1.29, 1.82) is 0 Å². The number of hydrogen-bond donors (Lipinski definition) is 2. The van der Waals surface area contributed by atoms with E-state index in [1.807, 2.05) is 11.3 Å². The van der Waals surface area contributed by atoms with E-state index in [1.54, 1.807) is 0 Å². The van der Waals surface area contributed by atoms with Crippen LogP contribution in [0.4, 0.5) is 0 Å². The van der Waals surface area contributed by atoms with Crippen LogP contribution in [0, 0.1) is 0 Å². The van der Waals surface area contributed by atoms with Gasteiger partial charge in [0.05, 0.1) is 0 Å². The first-order valence-corrected chi connectivity index (χ1v) is 8.30. The zero-order chi connectivity index (χ0) is 14.4. The first-order valence-electron chi connectivity index (χ1n) is 7.42. The number of benzene rings is 1. The number of nitrogens with zero attached hydrogens (tertiary/aromatic N) is 1. The van der Waals surface area contributed by atoms with Crippen LogP contribution in [0.1, 0.15) is 25.8 Å². The minimum Gasteiger partial charge on any atom is -0.304 e. The molecule has 1 aromatic carbocycles. The second-order valence-electron chi connectivity index (χ2n) is 5.14. The standard InChI is InChI=1S/C16H25N3S/c1-3-19(4-2)10-9-14(18-17)11-13-12-20-16-8-6-5-7-15(13)16/h5-8,12,14,18H,3-4,9-11,17H2,1-2H3. The van der Waals surface area contributed by atoms with Crippen molar-refractivity contribution in [2.75, 3.05) is 19.6 Å². The van der Waals surface area contributed by atoms with Crippen molar-refractivity contribution >= 4 is 21.4 Å². The van der Waals surface area contributed by atoms with Crippen LogP contribution in [0.15, 0.2) is 29.6 Å². The van der Waals surface area contributed by atoms with Gasteiger partial charge in [-0.2, -0.15) is 0 Å². The highest BCUT2D eigenvalue weighted by Gasteiger charge is 2.12. The molecule has 2 rings (SSSR count). The Hall–Kier alpha value is -0.940. The van der Waals surface area contributed by atoms with E-state index in [4.69, 9.17) is 5.84 Å². The highest BCUT2D eigenvalue weighted by atomic mass is 32.1. The summed E-state index contributed by atoms with van der Waals surface area (Å²) < 4.78 is 1.36. The van der Waals surface area contributed by atoms with Crippen LogP contribution < -0.4 is 11.3 Å². The second-order valence-corrected chi connectivity index (χ2v) is 6.05. The summed E-state index contributed by atoms with van der Waals surface area (Å²) in [6, 6.07) is 8.94. The second kappa shape index (κ2) is 7.74. The SMILES string of the molecule is CCN(CC)CCC(Cc1csc2ccccc12)NN. The van der Waals surface area contributed by atoms with Crippen molar-refractivity contribution in [3.63, 3.8) is 0 Å². The fourth-order valence-corrected chi connectivity index (χ4v) is 3.55. The lowest BCUT2D eigenvalue weighted by molar-refractivity contribution is 0.281. The van der Waals surface area contributed by atoms with E-state index in [-0.39, 0.29) is 0 Å². The third kappa shape index (κ3) is 3.79. The molecule has 0 saturated carbocycles. The van der Waals surface area contributed by atoms with E-state index >= 15 is 0 Å². The molecule has 1 heterocycles. The van der Waals surface area contributed by atoms with Crippen LogP contribution in [0.3, 0.4) is 0 Å². The largest absolute Gasteiger partial charge is 0.304 e. The van der Waals surface area contributed by atoms with Gasteiger partial charge < -0.3 is 4.90 Å². The van der Waals surface area contributed by atoms with Crippen molar-refractivity contribution in [3.05, 3.63) is 35.2 Å². The summed E-state index contributed by atoms with van der Waals surface area (Å²) >= 11 is 1.82. The summed E-state index contributed by atoms with van der Waals surface area (Å²) in [5, 5.41) is 3.65. The van der Waals surface area contributed by atoms with E-state index in [0.717, 1.165) is 32.5 Å². The monoisotopic (exact) mass is 291 g/mol. The average Bonchev–Trinajstić information content (AvgIpc) is 2.90. The van der Waals surface area contributed by atoms with Crippen molar-refractivity contribution in [1.82, 2.24) is 10.3 Å². The quantitative estimate of drug-likeness (QED) is 0.580. The van der Waals surface area contributed by atoms with Gasteiger partial charge in [0, 0.05) is 10.7 Å². The maximum absolute atomic E-state index is 5.74. The minimum absolute atomic E-state index is 0.341. The van der Waals surface area contributed by atoms with Crippen molar-refractivity contribution in [3.8, 4) is 0 Å². The molecule has 0 bridgehead atoms. The van der Waals surface area contributed by atoms with Crippen molar-refractivity contribution < 1.29 is 0 Å². The highest BCUT2D eigenvalue weighted by molar-refractivity contribution is 7.17. The molecule has 0 aliphatic rings. The number of nitrogens with two attached hydrogens (primary N) is 1. The molecule has 4 heteroatoms. The summed E-state index contributed by atoms with van der Waals surface area (Å²) in [7, 11) is 0. The number of nitrogens with one attached hydrogen (secondary N) is 1. The first kappa shape index (κ1) is 15.4. The van der Waals surface area contributed by atoms with E-state index in [0.29, 0.717) is 6.04 Å². The molecule has 3 N–H and O–H groups in total. The van der Waals surface area contributed by atoms with E-state index < -0.39 is 0 Å². The predicted octanol–water partition coefficient (Wildman–Crippen LogP) is 3.01. The summed E-state index contributed by atoms with van der Waals surface area (Å²) in [6.45, 7) is 7.73. The molecule has 1 atom stereocenters. The van der Waals surface area contributed by atoms with Crippen molar-refractivity contribution in [2.24, 2.45) is 5.84 Å². The van der Waals surface area contributed by atoms with Gasteiger partial charge in [0.1, 0.15) is 0 Å². The summed E-state index contributed by atoms with van der Waals surface area (Å²) in [4.78, 5) is 2.44. The molecule has 1 unspecified atom stereocenters. The molecule has 20 heavy (non-hydrogen) atoms. The zero-order valence-electron chi connectivity index (χ0n) is 12.4. The van der Waals surface area contributed by atoms with Crippen molar-refractivity contribution in [2.45, 2.75) is 32.7 Å². The maximum atomic E-state index is 5.74. The topological polar surface area (TPSA) is 41.3 Å². The zero-order valence-corrected chi connectivity index (χ0v) is 13.2. The number of thiophene rings is 1. The Morgan fingerprint density at radius 2 is 2.00 bits per heavy atom. The minimum atomic E-state index is 0.341. The molecular formula is C16H25N3S. The molecule has 0 aliphatic heterocycles. The summed E-state index contributed by atoms with van der Waals surface area (Å²) in [6.07, 6.45) is 2.09.